The van der Waals surface area contributed by atoms with E-state index < -0.39 is 10.0 Å². The molecule has 2 aromatic rings. The number of hydrogen-bond acceptors (Lipinski definition) is 2. The molecule has 0 saturated carbocycles. The topological polar surface area (TPSA) is 46.2 Å². The Morgan fingerprint density at radius 3 is 2.19 bits per heavy atom. The average Bonchev–Trinajstić information content (AvgIpc) is 2.43. The van der Waals surface area contributed by atoms with Gasteiger partial charge < -0.3 is 0 Å². The average molecular weight is 385 g/mol. The summed E-state index contributed by atoms with van der Waals surface area (Å²) in [7, 11) is -3.78. The Bertz CT molecular complexity index is 778. The van der Waals surface area contributed by atoms with Crippen LogP contribution in [0.15, 0.2) is 41.3 Å². The number of benzene rings is 2. The number of rotatable bonds is 4. The van der Waals surface area contributed by atoms with Crippen molar-refractivity contribution in [2.24, 2.45) is 0 Å². The summed E-state index contributed by atoms with van der Waals surface area (Å²) in [4.78, 5) is -0.0725. The first-order valence-corrected chi connectivity index (χ1v) is 8.68. The molecular formula is C13H9Cl4NO2S. The molecule has 0 saturated heterocycles. The van der Waals surface area contributed by atoms with E-state index in [0.29, 0.717) is 15.6 Å². The van der Waals surface area contributed by atoms with Crippen LogP contribution in [0.3, 0.4) is 0 Å². The van der Waals surface area contributed by atoms with Crippen molar-refractivity contribution >= 4 is 56.4 Å². The largest absolute Gasteiger partial charge is 0.242 e. The minimum absolute atomic E-state index is 0.0576. The molecule has 3 nitrogen and oxygen atoms in total. The molecule has 21 heavy (non-hydrogen) atoms. The zero-order chi connectivity index (χ0) is 15.6. The minimum Gasteiger partial charge on any atom is -0.207 e. The van der Waals surface area contributed by atoms with E-state index in [0.717, 1.165) is 0 Å². The van der Waals surface area contributed by atoms with Crippen LogP contribution in [0.5, 0.6) is 0 Å². The van der Waals surface area contributed by atoms with Gasteiger partial charge in [0.05, 0.1) is 15.1 Å². The molecule has 1 N–H and O–H groups in total. The molecule has 0 radical (unpaired) electrons. The highest BCUT2D eigenvalue weighted by molar-refractivity contribution is 7.89. The molecule has 0 fully saturated rings. The third kappa shape index (κ3) is 4.25. The second kappa shape index (κ2) is 6.73. The third-order valence-corrected chi connectivity index (χ3v) is 5.49. The number of halogens is 4. The van der Waals surface area contributed by atoms with Crippen LogP contribution in [0, 0.1) is 0 Å². The van der Waals surface area contributed by atoms with Crippen molar-refractivity contribution in [2.45, 2.75) is 11.4 Å². The molecule has 0 atom stereocenters. The van der Waals surface area contributed by atoms with E-state index in [-0.39, 0.29) is 21.5 Å². The summed E-state index contributed by atoms with van der Waals surface area (Å²) >= 11 is 23.4. The quantitative estimate of drug-likeness (QED) is 0.824. The number of hydrogen-bond donors (Lipinski definition) is 1. The summed E-state index contributed by atoms with van der Waals surface area (Å²) in [5.41, 5.74) is 0.672. The Kier molecular flexibility index (Phi) is 5.41. The first-order chi connectivity index (χ1) is 9.79. The van der Waals surface area contributed by atoms with E-state index in [2.05, 4.69) is 4.72 Å². The fourth-order valence-electron chi connectivity index (χ4n) is 1.59. The van der Waals surface area contributed by atoms with Crippen LogP contribution in [0.2, 0.25) is 20.1 Å². The van der Waals surface area contributed by atoms with Gasteiger partial charge in [-0.25, -0.2) is 13.1 Å². The van der Waals surface area contributed by atoms with Crippen LogP contribution in [-0.4, -0.2) is 8.42 Å². The molecule has 112 valence electrons. The van der Waals surface area contributed by atoms with Gasteiger partial charge in [-0.05, 0) is 35.9 Å². The molecule has 0 aliphatic rings. The lowest BCUT2D eigenvalue weighted by molar-refractivity contribution is 0.581. The lowest BCUT2D eigenvalue weighted by Gasteiger charge is -2.09. The van der Waals surface area contributed by atoms with Crippen LogP contribution < -0.4 is 4.72 Å². The SMILES string of the molecule is O=S(=O)(NCc1ccc(Cl)c(Cl)c1)c1cc(Cl)ccc1Cl. The lowest BCUT2D eigenvalue weighted by Crippen LogP contribution is -2.23. The van der Waals surface area contributed by atoms with Gasteiger partial charge in [-0.1, -0.05) is 52.5 Å². The van der Waals surface area contributed by atoms with Gasteiger partial charge in [-0.15, -0.1) is 0 Å². The highest BCUT2D eigenvalue weighted by Crippen LogP contribution is 2.26. The smallest absolute Gasteiger partial charge is 0.207 e. The molecular weight excluding hydrogens is 376 g/mol. The van der Waals surface area contributed by atoms with E-state index in [1.54, 1.807) is 18.2 Å². The Morgan fingerprint density at radius 1 is 0.857 bits per heavy atom. The van der Waals surface area contributed by atoms with E-state index in [1.807, 2.05) is 0 Å². The summed E-state index contributed by atoms with van der Waals surface area (Å²) in [6.07, 6.45) is 0. The molecule has 0 aliphatic heterocycles. The zero-order valence-corrected chi connectivity index (χ0v) is 14.2. The fourth-order valence-corrected chi connectivity index (χ4v) is 3.69. The van der Waals surface area contributed by atoms with Gasteiger partial charge in [0.1, 0.15) is 4.90 Å². The van der Waals surface area contributed by atoms with Crippen LogP contribution in [0.25, 0.3) is 0 Å². The van der Waals surface area contributed by atoms with Gasteiger partial charge in [-0.3, -0.25) is 0 Å². The summed E-state index contributed by atoms with van der Waals surface area (Å²) < 4.78 is 26.9. The summed E-state index contributed by atoms with van der Waals surface area (Å²) in [5.74, 6) is 0. The maximum Gasteiger partial charge on any atom is 0.242 e. The summed E-state index contributed by atoms with van der Waals surface area (Å²) in [6, 6.07) is 9.10. The second-order valence-corrected chi connectivity index (χ2v) is 7.54. The van der Waals surface area contributed by atoms with Crippen molar-refractivity contribution in [1.82, 2.24) is 4.72 Å². The Balaban J connectivity index is 2.21. The molecule has 0 heterocycles. The highest BCUT2D eigenvalue weighted by Gasteiger charge is 2.18. The summed E-state index contributed by atoms with van der Waals surface area (Å²) in [5, 5.41) is 1.14. The molecule has 2 aromatic carbocycles. The molecule has 0 amide bonds. The van der Waals surface area contributed by atoms with Crippen molar-refractivity contribution in [3.05, 3.63) is 62.1 Å². The van der Waals surface area contributed by atoms with E-state index in [9.17, 15) is 8.42 Å². The fraction of sp³-hybridized carbons (Fsp3) is 0.0769. The zero-order valence-electron chi connectivity index (χ0n) is 10.4. The monoisotopic (exact) mass is 383 g/mol. The second-order valence-electron chi connectivity index (χ2n) is 4.15. The predicted octanol–water partition coefficient (Wildman–Crippen LogP) is 4.78. The van der Waals surface area contributed by atoms with Crippen LogP contribution in [-0.2, 0) is 16.6 Å². The van der Waals surface area contributed by atoms with Gasteiger partial charge in [0, 0.05) is 11.6 Å². The van der Waals surface area contributed by atoms with E-state index in [1.165, 1.54) is 18.2 Å². The van der Waals surface area contributed by atoms with Crippen molar-refractivity contribution in [2.75, 3.05) is 0 Å². The number of sulfonamides is 1. The van der Waals surface area contributed by atoms with Gasteiger partial charge in [0.15, 0.2) is 0 Å². The normalized spacial score (nSPS) is 11.6. The summed E-state index contributed by atoms with van der Waals surface area (Å²) in [6.45, 7) is 0.0576. The Morgan fingerprint density at radius 2 is 1.52 bits per heavy atom. The van der Waals surface area contributed by atoms with E-state index in [4.69, 9.17) is 46.4 Å². The molecule has 0 aliphatic carbocycles. The molecule has 8 heteroatoms. The van der Waals surface area contributed by atoms with Crippen molar-refractivity contribution in [3.63, 3.8) is 0 Å². The standard InChI is InChI=1S/C13H9Cl4NO2S/c14-9-2-4-11(16)13(6-9)21(19,20)18-7-8-1-3-10(15)12(17)5-8/h1-6,18H,7H2. The van der Waals surface area contributed by atoms with Crippen molar-refractivity contribution < 1.29 is 8.42 Å². The van der Waals surface area contributed by atoms with Crippen molar-refractivity contribution in [1.29, 1.82) is 0 Å². The lowest BCUT2D eigenvalue weighted by atomic mass is 10.2. The molecule has 0 bridgehead atoms. The Hall–Kier alpha value is -0.490. The Labute approximate surface area is 142 Å². The maximum atomic E-state index is 12.2. The molecule has 0 spiro atoms. The first kappa shape index (κ1) is 16.9. The predicted molar refractivity (Wildman–Crippen MR) is 86.9 cm³/mol. The van der Waals surface area contributed by atoms with Crippen LogP contribution in [0.1, 0.15) is 5.56 Å². The maximum absolute atomic E-state index is 12.2. The van der Waals surface area contributed by atoms with Crippen LogP contribution in [0.4, 0.5) is 0 Å². The minimum atomic E-state index is -3.78. The van der Waals surface area contributed by atoms with Gasteiger partial charge in [-0.2, -0.15) is 0 Å². The third-order valence-electron chi connectivity index (χ3n) is 2.63. The molecule has 2 rings (SSSR count). The van der Waals surface area contributed by atoms with Gasteiger partial charge >= 0.3 is 0 Å². The van der Waals surface area contributed by atoms with Crippen molar-refractivity contribution in [3.8, 4) is 0 Å². The molecule has 0 aromatic heterocycles. The van der Waals surface area contributed by atoms with Gasteiger partial charge in [0.25, 0.3) is 0 Å². The first-order valence-electron chi connectivity index (χ1n) is 5.68. The van der Waals surface area contributed by atoms with E-state index >= 15 is 0 Å². The number of nitrogens with one attached hydrogen (secondary N) is 1. The van der Waals surface area contributed by atoms with Gasteiger partial charge in [0.2, 0.25) is 10.0 Å². The van der Waals surface area contributed by atoms with Crippen LogP contribution >= 0.6 is 46.4 Å². The highest BCUT2D eigenvalue weighted by atomic mass is 35.5. The molecule has 0 unspecified atom stereocenters.